The van der Waals surface area contributed by atoms with E-state index in [1.807, 2.05) is 6.08 Å². The van der Waals surface area contributed by atoms with Crippen LogP contribution in [0.1, 0.15) is 30.5 Å². The third-order valence-corrected chi connectivity index (χ3v) is 3.06. The number of benzene rings is 1. The second-order valence-corrected chi connectivity index (χ2v) is 4.17. The van der Waals surface area contributed by atoms with Crippen LogP contribution in [0.25, 0.3) is 0 Å². The fourth-order valence-electron chi connectivity index (χ4n) is 2.40. The Balaban J connectivity index is 2.24. The first-order valence-corrected chi connectivity index (χ1v) is 5.35. The molecule has 0 radical (unpaired) electrons. The van der Waals surface area contributed by atoms with Gasteiger partial charge in [-0.05, 0) is 12.5 Å². The van der Waals surface area contributed by atoms with E-state index in [4.69, 9.17) is 0 Å². The van der Waals surface area contributed by atoms with E-state index >= 15 is 0 Å². The normalized spacial score (nSPS) is 25.5. The van der Waals surface area contributed by atoms with E-state index in [9.17, 15) is 0 Å². The minimum absolute atomic E-state index is 0.602. The summed E-state index contributed by atoms with van der Waals surface area (Å²) < 4.78 is 0. The molecule has 0 amide bonds. The third-order valence-electron chi connectivity index (χ3n) is 3.06. The molecule has 14 heavy (non-hydrogen) atoms. The van der Waals surface area contributed by atoms with Crippen molar-refractivity contribution in [3.05, 3.63) is 48.0 Å². The van der Waals surface area contributed by atoms with E-state index in [-0.39, 0.29) is 0 Å². The Bertz CT molecular complexity index is 330. The number of quaternary nitrogens is 1. The second-order valence-electron chi connectivity index (χ2n) is 4.17. The molecule has 2 N–H and O–H groups in total. The number of hydrogen-bond acceptors (Lipinski definition) is 0. The molecule has 1 aliphatic heterocycles. The van der Waals surface area contributed by atoms with Crippen molar-refractivity contribution in [1.29, 1.82) is 0 Å². The zero-order chi connectivity index (χ0) is 9.97. The van der Waals surface area contributed by atoms with Crippen LogP contribution < -0.4 is 5.32 Å². The largest absolute Gasteiger partial charge is 0.337 e. The molecule has 2 atom stereocenters. The third kappa shape index (κ3) is 1.73. The smallest absolute Gasteiger partial charge is 0.109 e. The molecule has 1 aliphatic rings. The average Bonchev–Trinajstić information content (AvgIpc) is 2.18. The van der Waals surface area contributed by atoms with Gasteiger partial charge in [-0.3, -0.25) is 0 Å². The Morgan fingerprint density at radius 1 is 1.50 bits per heavy atom. The Hall–Kier alpha value is -1.08. The maximum Gasteiger partial charge on any atom is 0.109 e. The molecule has 1 heterocycles. The maximum atomic E-state index is 3.82. The van der Waals surface area contributed by atoms with E-state index in [1.54, 1.807) is 0 Å². The molecule has 74 valence electrons. The Kier molecular flexibility index (Phi) is 2.69. The minimum Gasteiger partial charge on any atom is -0.337 e. The molecule has 0 bridgehead atoms. The highest BCUT2D eigenvalue weighted by atomic mass is 15.0. The average molecular weight is 188 g/mol. The fourth-order valence-corrected chi connectivity index (χ4v) is 2.40. The van der Waals surface area contributed by atoms with Crippen LogP contribution in [0.5, 0.6) is 0 Å². The quantitative estimate of drug-likeness (QED) is 0.682. The first-order valence-electron chi connectivity index (χ1n) is 5.35. The SMILES string of the molecule is C=CC[C@@H]1Cc2ccccc2[C@H](C)[NH2+]1. The topological polar surface area (TPSA) is 16.6 Å². The van der Waals surface area contributed by atoms with Crippen molar-refractivity contribution >= 4 is 0 Å². The molecule has 0 spiro atoms. The number of fused-ring (bicyclic) bond motifs is 1. The molecule has 0 aliphatic carbocycles. The second kappa shape index (κ2) is 3.97. The maximum absolute atomic E-state index is 3.82. The summed E-state index contributed by atoms with van der Waals surface area (Å²) in [5, 5.41) is 2.46. The van der Waals surface area contributed by atoms with Gasteiger partial charge in [0.2, 0.25) is 0 Å². The van der Waals surface area contributed by atoms with Gasteiger partial charge in [-0.2, -0.15) is 0 Å². The zero-order valence-electron chi connectivity index (χ0n) is 8.74. The molecular formula is C13H18N+. The van der Waals surface area contributed by atoms with Crippen LogP contribution in [-0.2, 0) is 6.42 Å². The summed E-state index contributed by atoms with van der Waals surface area (Å²) in [6.45, 7) is 6.10. The molecule has 2 rings (SSSR count). The monoisotopic (exact) mass is 188 g/mol. The van der Waals surface area contributed by atoms with Crippen molar-refractivity contribution in [2.45, 2.75) is 31.8 Å². The molecule has 1 heteroatoms. The first kappa shape index (κ1) is 9.47. The van der Waals surface area contributed by atoms with E-state index in [2.05, 4.69) is 43.1 Å². The number of nitrogens with two attached hydrogens (primary N) is 1. The van der Waals surface area contributed by atoms with Gasteiger partial charge in [0.05, 0.1) is 6.04 Å². The summed E-state index contributed by atoms with van der Waals surface area (Å²) in [6.07, 6.45) is 4.33. The standard InChI is InChI=1S/C13H17N/c1-3-6-12-9-11-7-4-5-8-13(11)10(2)14-12/h3-5,7-8,10,12,14H,1,6,9H2,2H3/p+1/t10-,12+/m0/s1. The van der Waals surface area contributed by atoms with Crippen LogP contribution in [0.15, 0.2) is 36.9 Å². The Morgan fingerprint density at radius 2 is 2.29 bits per heavy atom. The fraction of sp³-hybridized carbons (Fsp3) is 0.385. The molecule has 0 saturated carbocycles. The van der Waals surface area contributed by atoms with Gasteiger partial charge in [0.25, 0.3) is 0 Å². The molecule has 0 unspecified atom stereocenters. The zero-order valence-corrected chi connectivity index (χ0v) is 8.74. The van der Waals surface area contributed by atoms with E-state index in [0.29, 0.717) is 12.1 Å². The highest BCUT2D eigenvalue weighted by molar-refractivity contribution is 5.30. The van der Waals surface area contributed by atoms with Crippen LogP contribution in [0.4, 0.5) is 0 Å². The van der Waals surface area contributed by atoms with E-state index in [0.717, 1.165) is 6.42 Å². The predicted octanol–water partition coefficient (Wildman–Crippen LogP) is 1.81. The van der Waals surface area contributed by atoms with Crippen LogP contribution in [0.3, 0.4) is 0 Å². The first-order chi connectivity index (χ1) is 6.81. The summed E-state index contributed by atoms with van der Waals surface area (Å²) in [5.41, 5.74) is 3.03. The molecule has 1 nitrogen and oxygen atoms in total. The summed E-state index contributed by atoms with van der Waals surface area (Å²) >= 11 is 0. The van der Waals surface area contributed by atoms with Crippen molar-refractivity contribution in [2.24, 2.45) is 0 Å². The summed E-state index contributed by atoms with van der Waals surface area (Å²) in [5.74, 6) is 0. The Labute approximate surface area is 85.8 Å². The van der Waals surface area contributed by atoms with Gasteiger partial charge in [0.1, 0.15) is 6.04 Å². The predicted molar refractivity (Wildman–Crippen MR) is 59.1 cm³/mol. The van der Waals surface area contributed by atoms with Crippen LogP contribution in [0, 0.1) is 0 Å². The highest BCUT2D eigenvalue weighted by Gasteiger charge is 2.25. The van der Waals surface area contributed by atoms with E-state index in [1.165, 1.54) is 17.5 Å². The molecule has 0 aromatic heterocycles. The van der Waals surface area contributed by atoms with Gasteiger partial charge < -0.3 is 5.32 Å². The highest BCUT2D eigenvalue weighted by Crippen LogP contribution is 2.20. The van der Waals surface area contributed by atoms with Crippen molar-refractivity contribution in [3.8, 4) is 0 Å². The van der Waals surface area contributed by atoms with Gasteiger partial charge in [0, 0.05) is 18.4 Å². The molecule has 1 aromatic rings. The van der Waals surface area contributed by atoms with E-state index < -0.39 is 0 Å². The molecule has 0 fully saturated rings. The van der Waals surface area contributed by atoms with Gasteiger partial charge in [0.15, 0.2) is 0 Å². The van der Waals surface area contributed by atoms with Crippen molar-refractivity contribution in [3.63, 3.8) is 0 Å². The van der Waals surface area contributed by atoms with Crippen molar-refractivity contribution in [2.75, 3.05) is 0 Å². The summed E-state index contributed by atoms with van der Waals surface area (Å²) in [7, 11) is 0. The summed E-state index contributed by atoms with van der Waals surface area (Å²) in [4.78, 5) is 0. The van der Waals surface area contributed by atoms with Crippen LogP contribution >= 0.6 is 0 Å². The molecule has 1 aromatic carbocycles. The lowest BCUT2D eigenvalue weighted by Crippen LogP contribution is -2.92. The summed E-state index contributed by atoms with van der Waals surface area (Å²) in [6, 6.07) is 10.1. The minimum atomic E-state index is 0.602. The van der Waals surface area contributed by atoms with Crippen molar-refractivity contribution < 1.29 is 5.32 Å². The van der Waals surface area contributed by atoms with Gasteiger partial charge in [-0.15, -0.1) is 6.58 Å². The lowest BCUT2D eigenvalue weighted by Gasteiger charge is -2.27. The van der Waals surface area contributed by atoms with Gasteiger partial charge >= 0.3 is 0 Å². The van der Waals surface area contributed by atoms with Crippen LogP contribution in [0.2, 0.25) is 0 Å². The lowest BCUT2D eigenvalue weighted by atomic mass is 9.90. The molecule has 0 saturated heterocycles. The van der Waals surface area contributed by atoms with Crippen LogP contribution in [-0.4, -0.2) is 6.04 Å². The Morgan fingerprint density at radius 3 is 3.07 bits per heavy atom. The van der Waals surface area contributed by atoms with Gasteiger partial charge in [-0.25, -0.2) is 0 Å². The van der Waals surface area contributed by atoms with Gasteiger partial charge in [-0.1, -0.05) is 30.3 Å². The lowest BCUT2D eigenvalue weighted by molar-refractivity contribution is -0.727. The number of rotatable bonds is 2. The van der Waals surface area contributed by atoms with Crippen molar-refractivity contribution in [1.82, 2.24) is 0 Å². The molecular weight excluding hydrogens is 170 g/mol. The number of hydrogen-bond donors (Lipinski definition) is 1.